The van der Waals surface area contributed by atoms with E-state index >= 15 is 0 Å². The molecule has 0 amide bonds. The lowest BCUT2D eigenvalue weighted by Crippen LogP contribution is -2.44. The van der Waals surface area contributed by atoms with E-state index in [4.69, 9.17) is 0 Å². The van der Waals surface area contributed by atoms with Crippen LogP contribution in [0.2, 0.25) is 0 Å². The van der Waals surface area contributed by atoms with Crippen LogP contribution in [0.4, 0.5) is 0 Å². The van der Waals surface area contributed by atoms with E-state index in [0.29, 0.717) is 10.8 Å². The van der Waals surface area contributed by atoms with E-state index in [2.05, 4.69) is 33.0 Å². The van der Waals surface area contributed by atoms with Crippen molar-refractivity contribution < 1.29 is 0 Å². The van der Waals surface area contributed by atoms with Gasteiger partial charge >= 0.3 is 0 Å². The van der Waals surface area contributed by atoms with Crippen LogP contribution in [0, 0.1) is 16.7 Å². The molecule has 18 heavy (non-hydrogen) atoms. The molecule has 1 nitrogen and oxygen atoms in total. The minimum Gasteiger partial charge on any atom is -0.313 e. The van der Waals surface area contributed by atoms with Gasteiger partial charge in [0.1, 0.15) is 0 Å². The molecule has 0 bridgehead atoms. The minimum atomic E-state index is 0.544. The van der Waals surface area contributed by atoms with Gasteiger partial charge in [0.05, 0.1) is 0 Å². The molecular formula is C17H33N. The highest BCUT2D eigenvalue weighted by molar-refractivity contribution is 4.89. The third-order valence-electron chi connectivity index (χ3n) is 5.27. The predicted octanol–water partition coefficient (Wildman–Crippen LogP) is 4.76. The second kappa shape index (κ2) is 5.53. The molecule has 2 rings (SSSR count). The fraction of sp³-hybridized carbons (Fsp3) is 1.00. The van der Waals surface area contributed by atoms with E-state index in [0.717, 1.165) is 12.0 Å². The highest BCUT2D eigenvalue weighted by Gasteiger charge is 2.33. The largest absolute Gasteiger partial charge is 0.313 e. The van der Waals surface area contributed by atoms with E-state index in [-0.39, 0.29) is 0 Å². The van der Waals surface area contributed by atoms with Crippen LogP contribution in [-0.2, 0) is 0 Å². The van der Waals surface area contributed by atoms with Crippen LogP contribution in [0.1, 0.15) is 79.1 Å². The standard InChI is InChI=1S/C17H33N/c1-14-10-15(12-16(2,3)11-14)18-13-17(4)8-6-5-7-9-17/h14-15,18H,5-13H2,1-4H3. The molecule has 1 heteroatoms. The summed E-state index contributed by atoms with van der Waals surface area (Å²) in [5.74, 6) is 0.894. The van der Waals surface area contributed by atoms with Crippen LogP contribution >= 0.6 is 0 Å². The highest BCUT2D eigenvalue weighted by atomic mass is 14.9. The van der Waals surface area contributed by atoms with Crippen molar-refractivity contribution in [1.29, 1.82) is 0 Å². The Bertz CT molecular complexity index is 263. The molecule has 0 aromatic rings. The zero-order chi connectivity index (χ0) is 13.2. The smallest absolute Gasteiger partial charge is 0.00749 e. The molecule has 0 heterocycles. The van der Waals surface area contributed by atoms with Gasteiger partial charge in [-0.2, -0.15) is 0 Å². The Balaban J connectivity index is 1.82. The van der Waals surface area contributed by atoms with Crippen molar-refractivity contribution in [1.82, 2.24) is 5.32 Å². The van der Waals surface area contributed by atoms with Gasteiger partial charge in [-0.05, 0) is 48.9 Å². The van der Waals surface area contributed by atoms with E-state index in [1.807, 2.05) is 0 Å². The predicted molar refractivity (Wildman–Crippen MR) is 79.8 cm³/mol. The summed E-state index contributed by atoms with van der Waals surface area (Å²) in [5.41, 5.74) is 1.13. The summed E-state index contributed by atoms with van der Waals surface area (Å²) in [4.78, 5) is 0. The molecule has 2 aliphatic rings. The lowest BCUT2D eigenvalue weighted by atomic mass is 9.70. The first-order chi connectivity index (χ1) is 8.39. The van der Waals surface area contributed by atoms with Gasteiger partial charge in [0.2, 0.25) is 0 Å². The second-order valence-corrected chi connectivity index (χ2v) is 8.36. The minimum absolute atomic E-state index is 0.544. The topological polar surface area (TPSA) is 12.0 Å². The fourth-order valence-corrected chi connectivity index (χ4v) is 4.47. The summed E-state index contributed by atoms with van der Waals surface area (Å²) in [6.07, 6.45) is 11.4. The molecule has 0 saturated heterocycles. The molecule has 1 N–H and O–H groups in total. The highest BCUT2D eigenvalue weighted by Crippen LogP contribution is 2.40. The number of hydrogen-bond donors (Lipinski definition) is 1. The first-order valence-corrected chi connectivity index (χ1v) is 8.12. The van der Waals surface area contributed by atoms with Gasteiger partial charge in [-0.1, -0.05) is 47.0 Å². The zero-order valence-electron chi connectivity index (χ0n) is 13.0. The van der Waals surface area contributed by atoms with Crippen molar-refractivity contribution in [3.05, 3.63) is 0 Å². The van der Waals surface area contributed by atoms with Crippen LogP contribution in [0.3, 0.4) is 0 Å². The Hall–Kier alpha value is -0.0400. The Labute approximate surface area is 114 Å². The van der Waals surface area contributed by atoms with Gasteiger partial charge in [-0.15, -0.1) is 0 Å². The summed E-state index contributed by atoms with van der Waals surface area (Å²) in [7, 11) is 0. The number of rotatable bonds is 3. The molecular weight excluding hydrogens is 218 g/mol. The van der Waals surface area contributed by atoms with Crippen molar-refractivity contribution >= 4 is 0 Å². The molecule has 2 saturated carbocycles. The maximum atomic E-state index is 3.92. The Morgan fingerprint density at radius 2 is 1.67 bits per heavy atom. The van der Waals surface area contributed by atoms with Crippen LogP contribution in [-0.4, -0.2) is 12.6 Å². The normalized spacial score (nSPS) is 35.3. The third-order valence-corrected chi connectivity index (χ3v) is 5.27. The SMILES string of the molecule is CC1CC(NCC2(C)CCCCC2)CC(C)(C)C1. The van der Waals surface area contributed by atoms with Gasteiger partial charge in [0.25, 0.3) is 0 Å². The van der Waals surface area contributed by atoms with Crippen LogP contribution in [0.5, 0.6) is 0 Å². The molecule has 2 atom stereocenters. The molecule has 2 aliphatic carbocycles. The first-order valence-electron chi connectivity index (χ1n) is 8.12. The average molecular weight is 251 g/mol. The zero-order valence-corrected chi connectivity index (χ0v) is 13.0. The maximum absolute atomic E-state index is 3.92. The molecule has 0 aromatic heterocycles. The first kappa shape index (κ1) is 14.4. The van der Waals surface area contributed by atoms with Crippen LogP contribution < -0.4 is 5.32 Å². The summed E-state index contributed by atoms with van der Waals surface area (Å²) in [6, 6.07) is 0.766. The van der Waals surface area contributed by atoms with E-state index < -0.39 is 0 Å². The summed E-state index contributed by atoms with van der Waals surface area (Å²) in [5, 5.41) is 3.92. The molecule has 0 radical (unpaired) electrons. The van der Waals surface area contributed by atoms with Gasteiger partial charge < -0.3 is 5.32 Å². The second-order valence-electron chi connectivity index (χ2n) is 8.36. The summed E-state index contributed by atoms with van der Waals surface area (Å²) < 4.78 is 0. The van der Waals surface area contributed by atoms with Crippen molar-refractivity contribution in [3.63, 3.8) is 0 Å². The summed E-state index contributed by atoms with van der Waals surface area (Å²) >= 11 is 0. The quantitative estimate of drug-likeness (QED) is 0.762. The Kier molecular flexibility index (Phi) is 4.41. The van der Waals surface area contributed by atoms with Crippen LogP contribution in [0.25, 0.3) is 0 Å². The van der Waals surface area contributed by atoms with Gasteiger partial charge in [0.15, 0.2) is 0 Å². The van der Waals surface area contributed by atoms with Crippen molar-refractivity contribution in [2.75, 3.05) is 6.54 Å². The molecule has 2 unspecified atom stereocenters. The van der Waals surface area contributed by atoms with E-state index in [1.54, 1.807) is 0 Å². The Morgan fingerprint density at radius 1 is 1.00 bits per heavy atom. The lowest BCUT2D eigenvalue weighted by Gasteiger charge is -2.42. The third kappa shape index (κ3) is 3.98. The molecule has 2 fully saturated rings. The molecule has 0 spiro atoms. The van der Waals surface area contributed by atoms with Gasteiger partial charge in [0, 0.05) is 12.6 Å². The maximum Gasteiger partial charge on any atom is 0.00749 e. The lowest BCUT2D eigenvalue weighted by molar-refractivity contribution is 0.130. The van der Waals surface area contributed by atoms with E-state index in [9.17, 15) is 0 Å². The summed E-state index contributed by atoms with van der Waals surface area (Å²) in [6.45, 7) is 11.1. The molecule has 0 aromatic carbocycles. The van der Waals surface area contributed by atoms with Gasteiger partial charge in [-0.25, -0.2) is 0 Å². The molecule has 0 aliphatic heterocycles. The van der Waals surface area contributed by atoms with Crippen molar-refractivity contribution in [2.24, 2.45) is 16.7 Å². The van der Waals surface area contributed by atoms with Crippen molar-refractivity contribution in [3.8, 4) is 0 Å². The monoisotopic (exact) mass is 251 g/mol. The van der Waals surface area contributed by atoms with Gasteiger partial charge in [-0.3, -0.25) is 0 Å². The number of hydrogen-bond acceptors (Lipinski definition) is 1. The number of nitrogens with one attached hydrogen (secondary N) is 1. The van der Waals surface area contributed by atoms with Crippen molar-refractivity contribution in [2.45, 2.75) is 85.1 Å². The van der Waals surface area contributed by atoms with Crippen LogP contribution in [0.15, 0.2) is 0 Å². The molecule has 106 valence electrons. The fourth-order valence-electron chi connectivity index (χ4n) is 4.47. The Morgan fingerprint density at radius 3 is 2.28 bits per heavy atom. The average Bonchev–Trinajstić information content (AvgIpc) is 2.25. The van der Waals surface area contributed by atoms with E-state index in [1.165, 1.54) is 57.9 Å².